The summed E-state index contributed by atoms with van der Waals surface area (Å²) in [6.07, 6.45) is 2.46. The lowest BCUT2D eigenvalue weighted by atomic mass is 10.1. The van der Waals surface area contributed by atoms with Gasteiger partial charge in [-0.15, -0.1) is 5.10 Å². The highest BCUT2D eigenvalue weighted by Crippen LogP contribution is 2.21. The van der Waals surface area contributed by atoms with Crippen molar-refractivity contribution in [2.75, 3.05) is 5.75 Å². The van der Waals surface area contributed by atoms with Gasteiger partial charge in [0.05, 0.1) is 23.7 Å². The van der Waals surface area contributed by atoms with Crippen LogP contribution in [0, 0.1) is 12.7 Å². The minimum absolute atomic E-state index is 0.117. The van der Waals surface area contributed by atoms with E-state index in [4.69, 9.17) is 0 Å². The third kappa shape index (κ3) is 4.54. The zero-order valence-corrected chi connectivity index (χ0v) is 16.2. The highest BCUT2D eigenvalue weighted by atomic mass is 32.2. The van der Waals surface area contributed by atoms with Crippen LogP contribution < -0.4 is 5.32 Å². The molecule has 2 aromatic heterocycles. The van der Waals surface area contributed by atoms with E-state index in [0.29, 0.717) is 10.8 Å². The molecule has 0 aliphatic heterocycles. The largest absolute Gasteiger partial charge is 0.349 e. The fourth-order valence-electron chi connectivity index (χ4n) is 2.71. The van der Waals surface area contributed by atoms with Gasteiger partial charge in [-0.2, -0.15) is 5.10 Å². The number of hydrogen-bond donors (Lipinski definition) is 2. The van der Waals surface area contributed by atoms with E-state index in [9.17, 15) is 9.18 Å². The molecule has 0 aliphatic rings. The molecule has 142 valence electrons. The van der Waals surface area contributed by atoms with Crippen LogP contribution in [0.1, 0.15) is 37.0 Å². The van der Waals surface area contributed by atoms with Gasteiger partial charge in [-0.25, -0.2) is 14.1 Å². The number of amides is 1. The predicted molar refractivity (Wildman–Crippen MR) is 101 cm³/mol. The second kappa shape index (κ2) is 8.34. The summed E-state index contributed by atoms with van der Waals surface area (Å²) in [5.74, 6) is 0.586. The van der Waals surface area contributed by atoms with E-state index in [1.165, 1.54) is 23.9 Å². The SMILES string of the molecule is CCc1nc(SCC(=O)N[C@@H](C)c2cnn(-c3cccc(F)c3)c2C)n[nH]1. The summed E-state index contributed by atoms with van der Waals surface area (Å²) in [4.78, 5) is 16.5. The first-order valence-electron chi connectivity index (χ1n) is 8.61. The fraction of sp³-hybridized carbons (Fsp3) is 0.333. The Morgan fingerprint density at radius 2 is 2.26 bits per heavy atom. The molecule has 1 atom stereocenters. The van der Waals surface area contributed by atoms with Crippen molar-refractivity contribution in [3.05, 3.63) is 53.4 Å². The lowest BCUT2D eigenvalue weighted by Crippen LogP contribution is -2.28. The van der Waals surface area contributed by atoms with Gasteiger partial charge in [0.2, 0.25) is 11.1 Å². The summed E-state index contributed by atoms with van der Waals surface area (Å²) in [6, 6.07) is 6.01. The molecule has 0 bridgehead atoms. The molecule has 0 radical (unpaired) electrons. The van der Waals surface area contributed by atoms with Gasteiger partial charge in [-0.1, -0.05) is 24.8 Å². The quantitative estimate of drug-likeness (QED) is 0.608. The molecule has 1 amide bonds. The van der Waals surface area contributed by atoms with Crippen molar-refractivity contribution in [3.8, 4) is 5.69 Å². The Labute approximate surface area is 160 Å². The minimum atomic E-state index is -0.319. The monoisotopic (exact) mass is 388 g/mol. The Morgan fingerprint density at radius 3 is 2.96 bits per heavy atom. The molecule has 2 heterocycles. The highest BCUT2D eigenvalue weighted by molar-refractivity contribution is 7.99. The van der Waals surface area contributed by atoms with Crippen molar-refractivity contribution in [1.29, 1.82) is 0 Å². The maximum Gasteiger partial charge on any atom is 0.230 e. The standard InChI is InChI=1S/C18H21FN6OS/c1-4-16-22-18(24-23-16)27-10-17(26)21-11(2)15-9-20-25(12(15)3)14-7-5-6-13(19)8-14/h5-9,11H,4,10H2,1-3H3,(H,21,26)(H,22,23,24)/t11-/m0/s1. The van der Waals surface area contributed by atoms with Crippen molar-refractivity contribution >= 4 is 17.7 Å². The summed E-state index contributed by atoms with van der Waals surface area (Å²) in [5.41, 5.74) is 2.37. The molecule has 2 N–H and O–H groups in total. The van der Waals surface area contributed by atoms with Crippen LogP contribution in [-0.2, 0) is 11.2 Å². The van der Waals surface area contributed by atoms with E-state index in [1.807, 2.05) is 20.8 Å². The Morgan fingerprint density at radius 1 is 1.44 bits per heavy atom. The van der Waals surface area contributed by atoms with E-state index in [2.05, 4.69) is 25.6 Å². The summed E-state index contributed by atoms with van der Waals surface area (Å²) < 4.78 is 15.1. The van der Waals surface area contributed by atoms with Crippen LogP contribution in [0.3, 0.4) is 0 Å². The molecule has 7 nitrogen and oxygen atoms in total. The zero-order chi connectivity index (χ0) is 19.4. The number of benzene rings is 1. The number of carbonyl (C=O) groups is 1. The summed E-state index contributed by atoms with van der Waals surface area (Å²) in [6.45, 7) is 5.77. The van der Waals surface area contributed by atoms with Crippen molar-refractivity contribution in [2.45, 2.75) is 38.4 Å². The van der Waals surface area contributed by atoms with E-state index >= 15 is 0 Å². The van der Waals surface area contributed by atoms with Crippen molar-refractivity contribution in [2.24, 2.45) is 0 Å². The van der Waals surface area contributed by atoms with Crippen LogP contribution in [-0.4, -0.2) is 36.6 Å². The molecule has 0 spiro atoms. The molecular formula is C18H21FN6OS. The number of hydrogen-bond acceptors (Lipinski definition) is 5. The molecule has 3 aromatic rings. The fourth-order valence-corrected chi connectivity index (χ4v) is 3.34. The van der Waals surface area contributed by atoms with Gasteiger partial charge >= 0.3 is 0 Å². The summed E-state index contributed by atoms with van der Waals surface area (Å²) in [5, 5.41) is 14.7. The average molecular weight is 388 g/mol. The first-order valence-corrected chi connectivity index (χ1v) is 9.60. The van der Waals surface area contributed by atoms with Crippen LogP contribution in [0.5, 0.6) is 0 Å². The average Bonchev–Trinajstić information content (AvgIpc) is 3.26. The number of carbonyl (C=O) groups excluding carboxylic acids is 1. The molecule has 0 saturated carbocycles. The number of aromatic amines is 1. The van der Waals surface area contributed by atoms with E-state index < -0.39 is 0 Å². The second-order valence-corrected chi connectivity index (χ2v) is 7.02. The summed E-state index contributed by atoms with van der Waals surface area (Å²) in [7, 11) is 0. The van der Waals surface area contributed by atoms with Gasteiger partial charge in [0.1, 0.15) is 11.6 Å². The number of rotatable bonds is 7. The van der Waals surface area contributed by atoms with E-state index in [1.54, 1.807) is 23.0 Å². The highest BCUT2D eigenvalue weighted by Gasteiger charge is 2.17. The number of H-pyrrole nitrogens is 1. The van der Waals surface area contributed by atoms with Gasteiger partial charge in [-0.05, 0) is 32.0 Å². The van der Waals surface area contributed by atoms with Crippen LogP contribution in [0.15, 0.2) is 35.6 Å². The lowest BCUT2D eigenvalue weighted by Gasteiger charge is -2.14. The van der Waals surface area contributed by atoms with Crippen molar-refractivity contribution < 1.29 is 9.18 Å². The van der Waals surface area contributed by atoms with Gasteiger partial charge < -0.3 is 5.32 Å². The molecule has 3 rings (SSSR count). The van der Waals surface area contributed by atoms with Crippen LogP contribution in [0.2, 0.25) is 0 Å². The number of halogens is 1. The number of nitrogens with one attached hydrogen (secondary N) is 2. The normalized spacial score (nSPS) is 12.1. The smallest absolute Gasteiger partial charge is 0.230 e. The topological polar surface area (TPSA) is 88.5 Å². The molecule has 9 heteroatoms. The van der Waals surface area contributed by atoms with Gasteiger partial charge in [0, 0.05) is 17.7 Å². The molecule has 0 fully saturated rings. The number of aryl methyl sites for hydroxylation is 1. The molecule has 0 unspecified atom stereocenters. The van der Waals surface area contributed by atoms with Gasteiger partial charge in [-0.3, -0.25) is 9.89 Å². The second-order valence-electron chi connectivity index (χ2n) is 6.07. The molecular weight excluding hydrogens is 367 g/mol. The maximum atomic E-state index is 13.5. The first-order chi connectivity index (χ1) is 13.0. The van der Waals surface area contributed by atoms with Crippen LogP contribution >= 0.6 is 11.8 Å². The predicted octanol–water partition coefficient (Wildman–Crippen LogP) is 2.97. The third-order valence-corrected chi connectivity index (χ3v) is 4.97. The van der Waals surface area contributed by atoms with E-state index in [-0.39, 0.29) is 23.5 Å². The Bertz CT molecular complexity index is 938. The van der Waals surface area contributed by atoms with Crippen LogP contribution in [0.4, 0.5) is 4.39 Å². The van der Waals surface area contributed by atoms with Crippen molar-refractivity contribution in [3.63, 3.8) is 0 Å². The maximum absolute atomic E-state index is 13.5. The van der Waals surface area contributed by atoms with Crippen molar-refractivity contribution in [1.82, 2.24) is 30.3 Å². The van der Waals surface area contributed by atoms with E-state index in [0.717, 1.165) is 23.5 Å². The summed E-state index contributed by atoms with van der Waals surface area (Å²) >= 11 is 1.28. The Kier molecular flexibility index (Phi) is 5.90. The number of aromatic nitrogens is 5. The zero-order valence-electron chi connectivity index (χ0n) is 15.4. The van der Waals surface area contributed by atoms with Crippen LogP contribution in [0.25, 0.3) is 5.69 Å². The molecule has 0 aliphatic carbocycles. The first kappa shape index (κ1) is 19.1. The Hall–Kier alpha value is -2.68. The minimum Gasteiger partial charge on any atom is -0.349 e. The number of nitrogens with zero attached hydrogens (tertiary/aromatic N) is 4. The number of thioether (sulfide) groups is 1. The molecule has 0 saturated heterocycles. The van der Waals surface area contributed by atoms with Gasteiger partial charge in [0.15, 0.2) is 0 Å². The molecule has 27 heavy (non-hydrogen) atoms. The molecule has 1 aromatic carbocycles. The lowest BCUT2D eigenvalue weighted by molar-refractivity contribution is -0.119. The third-order valence-electron chi connectivity index (χ3n) is 4.12. The van der Waals surface area contributed by atoms with Gasteiger partial charge in [0.25, 0.3) is 0 Å². The Balaban J connectivity index is 1.62.